The van der Waals surface area contributed by atoms with E-state index in [0.29, 0.717) is 4.90 Å². The lowest BCUT2D eigenvalue weighted by molar-refractivity contribution is 0.0693. The molecule has 0 atom stereocenters. The minimum Gasteiger partial charge on any atom is -0.478 e. The molecule has 1 aromatic rings. The maximum atomic E-state index is 10.6. The van der Waals surface area contributed by atoms with Gasteiger partial charge in [-0.1, -0.05) is 11.6 Å². The third-order valence-corrected chi connectivity index (χ3v) is 2.52. The normalized spacial score (nSPS) is 9.83. The predicted molar refractivity (Wildman–Crippen MR) is 48.0 cm³/mol. The van der Waals surface area contributed by atoms with Crippen molar-refractivity contribution in [1.29, 1.82) is 0 Å². The third kappa shape index (κ3) is 1.70. The number of hydrogen-bond donors (Lipinski definition) is 1. The number of thioether (sulfide) groups is 1. The predicted octanol–water partition coefficient (Wildman–Crippen LogP) is 2.16. The first-order valence-electron chi connectivity index (χ1n) is 3.08. The summed E-state index contributed by atoms with van der Waals surface area (Å²) in [7, 11) is 0. The monoisotopic (exact) mass is 203 g/mol. The Bertz CT molecular complexity index is 316. The summed E-state index contributed by atoms with van der Waals surface area (Å²) in [5.74, 6) is -0.983. The summed E-state index contributed by atoms with van der Waals surface area (Å²) < 4.78 is 0. The van der Waals surface area contributed by atoms with E-state index >= 15 is 0 Å². The zero-order valence-corrected chi connectivity index (χ0v) is 7.82. The van der Waals surface area contributed by atoms with Crippen molar-refractivity contribution in [1.82, 2.24) is 4.98 Å². The van der Waals surface area contributed by atoms with Gasteiger partial charge in [0.05, 0.1) is 10.5 Å². The second-order valence-electron chi connectivity index (χ2n) is 1.99. The molecule has 0 saturated carbocycles. The number of carboxylic acid groups (broad SMARTS) is 1. The lowest BCUT2D eigenvalue weighted by Crippen LogP contribution is -1.99. The van der Waals surface area contributed by atoms with Gasteiger partial charge < -0.3 is 5.11 Å². The number of halogens is 1. The summed E-state index contributed by atoms with van der Waals surface area (Å²) in [6.07, 6.45) is 3.14. The molecule has 12 heavy (non-hydrogen) atoms. The maximum Gasteiger partial charge on any atom is 0.337 e. The minimum atomic E-state index is -0.983. The Morgan fingerprint density at radius 1 is 1.75 bits per heavy atom. The smallest absolute Gasteiger partial charge is 0.337 e. The topological polar surface area (TPSA) is 50.2 Å². The number of rotatable bonds is 2. The van der Waals surface area contributed by atoms with Crippen LogP contribution in [0.15, 0.2) is 17.2 Å². The largest absolute Gasteiger partial charge is 0.478 e. The fourth-order valence-electron chi connectivity index (χ4n) is 0.785. The van der Waals surface area contributed by atoms with Crippen LogP contribution in [0.5, 0.6) is 0 Å². The second kappa shape index (κ2) is 3.78. The molecule has 1 N–H and O–H groups in total. The molecule has 0 aromatic carbocycles. The van der Waals surface area contributed by atoms with Crippen LogP contribution in [0, 0.1) is 0 Å². The molecule has 0 unspecified atom stereocenters. The van der Waals surface area contributed by atoms with E-state index in [1.165, 1.54) is 24.0 Å². The van der Waals surface area contributed by atoms with Crippen molar-refractivity contribution >= 4 is 29.3 Å². The average Bonchev–Trinajstić information content (AvgIpc) is 2.03. The van der Waals surface area contributed by atoms with Crippen LogP contribution in [0.1, 0.15) is 10.4 Å². The number of aromatic nitrogens is 1. The Morgan fingerprint density at radius 3 is 2.83 bits per heavy atom. The molecule has 0 aliphatic carbocycles. The summed E-state index contributed by atoms with van der Waals surface area (Å²) in [6.45, 7) is 0. The molecule has 1 rings (SSSR count). The SMILES string of the molecule is CSc1c(C(=O)O)ccnc1Cl. The molecule has 0 radical (unpaired) electrons. The second-order valence-corrected chi connectivity index (χ2v) is 3.16. The number of hydrogen-bond acceptors (Lipinski definition) is 3. The van der Waals surface area contributed by atoms with Crippen molar-refractivity contribution in [2.24, 2.45) is 0 Å². The average molecular weight is 204 g/mol. The molecule has 0 amide bonds. The zero-order chi connectivity index (χ0) is 9.14. The Labute approximate surface area is 78.8 Å². The van der Waals surface area contributed by atoms with Gasteiger partial charge in [-0.15, -0.1) is 11.8 Å². The molecule has 0 bridgehead atoms. The molecule has 5 heteroatoms. The van der Waals surface area contributed by atoms with E-state index in [9.17, 15) is 4.79 Å². The number of carbonyl (C=O) groups is 1. The summed E-state index contributed by atoms with van der Waals surface area (Å²) in [6, 6.07) is 1.43. The van der Waals surface area contributed by atoms with Gasteiger partial charge in [-0.2, -0.15) is 0 Å². The number of pyridine rings is 1. The molecule has 0 spiro atoms. The van der Waals surface area contributed by atoms with Gasteiger partial charge in [-0.05, 0) is 12.3 Å². The molecule has 0 aliphatic rings. The van der Waals surface area contributed by atoms with E-state index < -0.39 is 5.97 Å². The quantitative estimate of drug-likeness (QED) is 0.591. The van der Waals surface area contributed by atoms with Crippen LogP contribution >= 0.6 is 23.4 Å². The van der Waals surface area contributed by atoms with Crippen molar-refractivity contribution in [3.8, 4) is 0 Å². The van der Waals surface area contributed by atoms with Gasteiger partial charge in [0.25, 0.3) is 0 Å². The van der Waals surface area contributed by atoms with Gasteiger partial charge in [0.15, 0.2) is 0 Å². The number of carboxylic acids is 1. The van der Waals surface area contributed by atoms with Crippen molar-refractivity contribution < 1.29 is 9.90 Å². The maximum absolute atomic E-state index is 10.6. The van der Waals surface area contributed by atoms with Crippen LogP contribution in [0.3, 0.4) is 0 Å². The van der Waals surface area contributed by atoms with Gasteiger partial charge >= 0.3 is 5.97 Å². The molecule has 0 saturated heterocycles. The lowest BCUT2D eigenvalue weighted by atomic mass is 10.3. The highest BCUT2D eigenvalue weighted by Gasteiger charge is 2.12. The lowest BCUT2D eigenvalue weighted by Gasteiger charge is -2.02. The molecule has 64 valence electrons. The first-order valence-corrected chi connectivity index (χ1v) is 4.69. The molecular formula is C7H6ClNO2S. The van der Waals surface area contributed by atoms with Gasteiger partial charge in [0, 0.05) is 6.20 Å². The van der Waals surface area contributed by atoms with Gasteiger partial charge in [-0.3, -0.25) is 0 Å². The fourth-order valence-corrected chi connectivity index (χ4v) is 1.77. The standard InChI is InChI=1S/C7H6ClNO2S/c1-12-5-4(7(10)11)2-3-9-6(5)8/h2-3H,1H3,(H,10,11). The highest BCUT2D eigenvalue weighted by molar-refractivity contribution is 7.98. The van der Waals surface area contributed by atoms with Crippen LogP contribution in [0.2, 0.25) is 5.15 Å². The van der Waals surface area contributed by atoms with E-state index in [1.807, 2.05) is 0 Å². The highest BCUT2D eigenvalue weighted by atomic mass is 35.5. The van der Waals surface area contributed by atoms with E-state index in [0.717, 1.165) is 0 Å². The van der Waals surface area contributed by atoms with Crippen molar-refractivity contribution in [3.63, 3.8) is 0 Å². The summed E-state index contributed by atoms with van der Waals surface area (Å²) in [5.41, 5.74) is 0.197. The van der Waals surface area contributed by atoms with Gasteiger partial charge in [0.1, 0.15) is 5.15 Å². The van der Waals surface area contributed by atoms with Crippen LogP contribution in [0.4, 0.5) is 0 Å². The van der Waals surface area contributed by atoms with Gasteiger partial charge in [0.2, 0.25) is 0 Å². The summed E-state index contributed by atoms with van der Waals surface area (Å²) in [5, 5.41) is 8.96. The highest BCUT2D eigenvalue weighted by Crippen LogP contribution is 2.26. The molecule has 3 nitrogen and oxygen atoms in total. The molecule has 1 aromatic heterocycles. The van der Waals surface area contributed by atoms with Crippen molar-refractivity contribution in [2.45, 2.75) is 4.90 Å². The fraction of sp³-hybridized carbons (Fsp3) is 0.143. The molecular weight excluding hydrogens is 198 g/mol. The van der Waals surface area contributed by atoms with E-state index in [1.54, 1.807) is 6.26 Å². The number of aromatic carboxylic acids is 1. The zero-order valence-electron chi connectivity index (χ0n) is 6.24. The van der Waals surface area contributed by atoms with Crippen LogP contribution in [-0.4, -0.2) is 22.3 Å². The molecule has 0 aliphatic heterocycles. The van der Waals surface area contributed by atoms with Crippen molar-refractivity contribution in [3.05, 3.63) is 23.0 Å². The first kappa shape index (κ1) is 9.35. The van der Waals surface area contributed by atoms with Crippen molar-refractivity contribution in [2.75, 3.05) is 6.26 Å². The summed E-state index contributed by atoms with van der Waals surface area (Å²) in [4.78, 5) is 14.9. The van der Waals surface area contributed by atoms with Crippen LogP contribution < -0.4 is 0 Å². The van der Waals surface area contributed by atoms with E-state index in [-0.39, 0.29) is 10.7 Å². The van der Waals surface area contributed by atoms with Crippen LogP contribution in [-0.2, 0) is 0 Å². The van der Waals surface area contributed by atoms with E-state index in [2.05, 4.69) is 4.98 Å². The summed E-state index contributed by atoms with van der Waals surface area (Å²) >= 11 is 6.95. The Kier molecular flexibility index (Phi) is 2.94. The first-order chi connectivity index (χ1) is 5.66. The van der Waals surface area contributed by atoms with Gasteiger partial charge in [-0.25, -0.2) is 9.78 Å². The van der Waals surface area contributed by atoms with Crippen LogP contribution in [0.25, 0.3) is 0 Å². The molecule has 0 fully saturated rings. The number of nitrogens with zero attached hydrogens (tertiary/aromatic N) is 1. The Hall–Kier alpha value is -0.740. The minimum absolute atomic E-state index is 0.197. The Morgan fingerprint density at radius 2 is 2.42 bits per heavy atom. The van der Waals surface area contributed by atoms with E-state index in [4.69, 9.17) is 16.7 Å². The molecule has 1 heterocycles. The Balaban J connectivity index is 3.27. The third-order valence-electron chi connectivity index (χ3n) is 1.30.